The number of hydrogen-bond acceptors (Lipinski definition) is 4. The van der Waals surface area contributed by atoms with Gasteiger partial charge in [-0.1, -0.05) is 18.6 Å². The predicted molar refractivity (Wildman–Crippen MR) is 98.8 cm³/mol. The Hall–Kier alpha value is -2.03. The van der Waals surface area contributed by atoms with Crippen LogP contribution in [0.2, 0.25) is 0 Å². The van der Waals surface area contributed by atoms with E-state index in [-0.39, 0.29) is 9.78 Å². The second-order valence-electron chi connectivity index (χ2n) is 6.00. The molecule has 0 amide bonds. The Morgan fingerprint density at radius 3 is 2.54 bits per heavy atom. The molecule has 0 unspecified atom stereocenters. The summed E-state index contributed by atoms with van der Waals surface area (Å²) in [6, 6.07) is 8.49. The Labute approximate surface area is 155 Å². The van der Waals surface area contributed by atoms with Crippen molar-refractivity contribution in [2.75, 3.05) is 13.1 Å². The summed E-state index contributed by atoms with van der Waals surface area (Å²) in [5, 5.41) is 9.50. The smallest absolute Gasteiger partial charge is 0.337 e. The summed E-state index contributed by atoms with van der Waals surface area (Å²) in [6.07, 6.45) is 4.02. The van der Waals surface area contributed by atoms with Gasteiger partial charge >= 0.3 is 5.97 Å². The van der Waals surface area contributed by atoms with Crippen molar-refractivity contribution in [2.24, 2.45) is 0 Å². The van der Waals surface area contributed by atoms with Crippen molar-refractivity contribution in [3.8, 4) is 0 Å². The van der Waals surface area contributed by atoms with Crippen LogP contribution < -0.4 is 0 Å². The fraction of sp³-hybridized carbons (Fsp3) is 0.278. The molecule has 26 heavy (non-hydrogen) atoms. The first-order valence-corrected chi connectivity index (χ1v) is 10.4. The molecule has 0 atom stereocenters. The van der Waals surface area contributed by atoms with E-state index in [1.54, 1.807) is 6.07 Å². The number of halogens is 1. The van der Waals surface area contributed by atoms with Gasteiger partial charge in [0.15, 0.2) is 0 Å². The van der Waals surface area contributed by atoms with Crippen molar-refractivity contribution >= 4 is 39.0 Å². The van der Waals surface area contributed by atoms with Gasteiger partial charge < -0.3 is 5.11 Å². The summed E-state index contributed by atoms with van der Waals surface area (Å²) < 4.78 is 40.3. The van der Waals surface area contributed by atoms with E-state index in [0.29, 0.717) is 23.5 Å². The molecule has 0 saturated carbocycles. The Morgan fingerprint density at radius 1 is 1.15 bits per heavy atom. The molecule has 3 rings (SSSR count). The highest BCUT2D eigenvalue weighted by Crippen LogP contribution is 2.32. The fourth-order valence-corrected chi connectivity index (χ4v) is 5.82. The van der Waals surface area contributed by atoms with Gasteiger partial charge in [0.05, 0.1) is 5.57 Å². The highest BCUT2D eigenvalue weighted by atomic mass is 32.2. The van der Waals surface area contributed by atoms with Gasteiger partial charge in [-0.05, 0) is 48.7 Å². The van der Waals surface area contributed by atoms with Gasteiger partial charge in [-0.3, -0.25) is 0 Å². The number of carbonyl (C=O) groups is 1. The van der Waals surface area contributed by atoms with Crippen molar-refractivity contribution in [1.29, 1.82) is 0 Å². The van der Waals surface area contributed by atoms with Crippen LogP contribution in [-0.2, 0) is 14.8 Å². The molecule has 1 aromatic carbocycles. The largest absolute Gasteiger partial charge is 0.478 e. The lowest BCUT2D eigenvalue weighted by Crippen LogP contribution is -2.35. The summed E-state index contributed by atoms with van der Waals surface area (Å²) in [5.41, 5.74) is 0.330. The van der Waals surface area contributed by atoms with E-state index in [4.69, 9.17) is 0 Å². The Morgan fingerprint density at radius 2 is 1.88 bits per heavy atom. The lowest BCUT2D eigenvalue weighted by molar-refractivity contribution is -0.130. The fourth-order valence-electron chi connectivity index (χ4n) is 2.84. The summed E-state index contributed by atoms with van der Waals surface area (Å²) in [6.45, 7) is 0.973. The van der Waals surface area contributed by atoms with E-state index in [0.717, 1.165) is 30.6 Å². The molecule has 5 nitrogen and oxygen atoms in total. The number of benzene rings is 1. The van der Waals surface area contributed by atoms with Gasteiger partial charge in [0.1, 0.15) is 10.0 Å². The number of aliphatic carboxylic acids is 1. The maximum Gasteiger partial charge on any atom is 0.337 e. The van der Waals surface area contributed by atoms with Crippen LogP contribution >= 0.6 is 11.3 Å². The number of carboxylic acids is 1. The summed E-state index contributed by atoms with van der Waals surface area (Å²) >= 11 is 0.921. The number of rotatable bonds is 5. The van der Waals surface area contributed by atoms with Crippen molar-refractivity contribution in [3.05, 3.63) is 52.7 Å². The van der Waals surface area contributed by atoms with Gasteiger partial charge in [-0.25, -0.2) is 17.6 Å². The number of hydrogen-bond donors (Lipinski definition) is 1. The van der Waals surface area contributed by atoms with Gasteiger partial charge in [0.2, 0.25) is 0 Å². The van der Waals surface area contributed by atoms with Gasteiger partial charge in [-0.15, -0.1) is 11.3 Å². The number of piperidine rings is 1. The van der Waals surface area contributed by atoms with E-state index < -0.39 is 21.8 Å². The molecule has 1 aliphatic rings. The van der Waals surface area contributed by atoms with Crippen molar-refractivity contribution in [2.45, 2.75) is 23.5 Å². The predicted octanol–water partition coefficient (Wildman–Crippen LogP) is 3.69. The summed E-state index contributed by atoms with van der Waals surface area (Å²) in [5.74, 6) is -1.67. The maximum absolute atomic E-state index is 13.3. The molecule has 0 aliphatic carbocycles. The Balaban J connectivity index is 1.94. The number of thiophene rings is 1. The first-order chi connectivity index (χ1) is 12.4. The van der Waals surface area contributed by atoms with E-state index in [2.05, 4.69) is 0 Å². The second-order valence-corrected chi connectivity index (χ2v) is 9.25. The van der Waals surface area contributed by atoms with Crippen LogP contribution in [0.3, 0.4) is 0 Å². The van der Waals surface area contributed by atoms with E-state index in [1.165, 1.54) is 40.7 Å². The van der Waals surface area contributed by atoms with E-state index >= 15 is 0 Å². The minimum atomic E-state index is -3.61. The number of carboxylic acid groups (broad SMARTS) is 1. The Kier molecular flexibility index (Phi) is 5.55. The van der Waals surface area contributed by atoms with Gasteiger partial charge in [0, 0.05) is 18.0 Å². The summed E-state index contributed by atoms with van der Waals surface area (Å²) in [4.78, 5) is 12.0. The Bertz CT molecular complexity index is 944. The first kappa shape index (κ1) is 18.8. The van der Waals surface area contributed by atoms with E-state index in [1.807, 2.05) is 0 Å². The third kappa shape index (κ3) is 4.03. The van der Waals surface area contributed by atoms with Gasteiger partial charge in [-0.2, -0.15) is 4.31 Å². The van der Waals surface area contributed by atoms with E-state index in [9.17, 15) is 22.7 Å². The van der Waals surface area contributed by atoms with Crippen LogP contribution in [0.1, 0.15) is 29.7 Å². The van der Waals surface area contributed by atoms with Crippen LogP contribution in [0.15, 0.2) is 40.6 Å². The monoisotopic (exact) mass is 395 g/mol. The molecule has 1 aromatic heterocycles. The molecule has 8 heteroatoms. The lowest BCUT2D eigenvalue weighted by Gasteiger charge is -2.25. The van der Waals surface area contributed by atoms with Crippen molar-refractivity contribution in [1.82, 2.24) is 4.31 Å². The van der Waals surface area contributed by atoms with Gasteiger partial charge in [0.25, 0.3) is 10.0 Å². The molecular weight excluding hydrogens is 377 g/mol. The molecule has 1 fully saturated rings. The molecule has 1 aliphatic heterocycles. The van der Waals surface area contributed by atoms with Crippen LogP contribution in [0, 0.1) is 5.82 Å². The standard InChI is InChI=1S/C18H18FNO4S2/c19-14-6-4-5-13(11-14)12-15(18(21)22)16-7-8-17(25-16)26(23,24)20-9-2-1-3-10-20/h4-8,11-12H,1-3,9-10H2,(H,21,22)/b15-12+. The number of nitrogens with zero attached hydrogens (tertiary/aromatic N) is 1. The average Bonchev–Trinajstić information content (AvgIpc) is 3.11. The highest BCUT2D eigenvalue weighted by Gasteiger charge is 2.28. The maximum atomic E-state index is 13.3. The SMILES string of the molecule is O=C(O)/C(=C/c1cccc(F)c1)c1ccc(S(=O)(=O)N2CCCCC2)s1. The average molecular weight is 395 g/mol. The molecule has 138 valence electrons. The highest BCUT2D eigenvalue weighted by molar-refractivity contribution is 7.91. The molecule has 1 N–H and O–H groups in total. The first-order valence-electron chi connectivity index (χ1n) is 8.19. The third-order valence-corrected chi connectivity index (χ3v) is 7.63. The zero-order valence-corrected chi connectivity index (χ0v) is 15.5. The molecule has 1 saturated heterocycles. The summed E-state index contributed by atoms with van der Waals surface area (Å²) in [7, 11) is -3.61. The molecular formula is C18H18FNO4S2. The van der Waals surface area contributed by atoms with Crippen LogP contribution in [0.4, 0.5) is 4.39 Å². The molecule has 0 bridgehead atoms. The lowest BCUT2D eigenvalue weighted by atomic mass is 10.1. The minimum absolute atomic E-state index is 0.0688. The quantitative estimate of drug-likeness (QED) is 0.784. The molecule has 0 spiro atoms. The normalized spacial score (nSPS) is 16.6. The minimum Gasteiger partial charge on any atom is -0.478 e. The van der Waals surface area contributed by atoms with Crippen LogP contribution in [0.25, 0.3) is 11.6 Å². The van der Waals surface area contributed by atoms with Crippen LogP contribution in [-0.4, -0.2) is 36.9 Å². The molecule has 2 heterocycles. The molecule has 0 radical (unpaired) electrons. The van der Waals surface area contributed by atoms with Crippen molar-refractivity contribution in [3.63, 3.8) is 0 Å². The second kappa shape index (κ2) is 7.69. The number of sulfonamides is 1. The zero-order valence-electron chi connectivity index (χ0n) is 13.9. The van der Waals surface area contributed by atoms with Crippen molar-refractivity contribution < 1.29 is 22.7 Å². The third-order valence-electron chi connectivity index (χ3n) is 4.15. The topological polar surface area (TPSA) is 74.7 Å². The molecule has 2 aromatic rings. The van der Waals surface area contributed by atoms with Crippen LogP contribution in [0.5, 0.6) is 0 Å². The zero-order chi connectivity index (χ0) is 18.7.